The smallest absolute Gasteiger partial charge is 0.0980 e. The summed E-state index contributed by atoms with van der Waals surface area (Å²) in [5.74, 6) is 0. The first kappa shape index (κ1) is 11.9. The monoisotopic (exact) mass is 285 g/mol. The maximum absolute atomic E-state index is 9.11. The Balaban J connectivity index is 2.16. The van der Waals surface area contributed by atoms with Crippen molar-refractivity contribution in [2.75, 3.05) is 31.2 Å². The summed E-state index contributed by atoms with van der Waals surface area (Å²) in [6.07, 6.45) is -0.0585. The summed E-state index contributed by atoms with van der Waals surface area (Å²) < 4.78 is 6.54. The molecule has 0 radical (unpaired) electrons. The molecule has 3 nitrogen and oxygen atoms in total. The fraction of sp³-hybridized carbons (Fsp3) is 0.500. The van der Waals surface area contributed by atoms with E-state index in [0.29, 0.717) is 6.61 Å². The third-order valence-electron chi connectivity index (χ3n) is 2.84. The predicted molar refractivity (Wildman–Crippen MR) is 67.9 cm³/mol. The minimum absolute atomic E-state index is 0.0585. The van der Waals surface area contributed by atoms with E-state index in [0.717, 1.165) is 17.6 Å². The van der Waals surface area contributed by atoms with Crippen LogP contribution in [0.4, 0.5) is 5.69 Å². The van der Waals surface area contributed by atoms with Gasteiger partial charge in [0.05, 0.1) is 19.3 Å². The lowest BCUT2D eigenvalue weighted by Gasteiger charge is -2.34. The van der Waals surface area contributed by atoms with Crippen LogP contribution in [0.3, 0.4) is 0 Å². The number of hydrogen-bond donors (Lipinski definition) is 1. The third-order valence-corrected chi connectivity index (χ3v) is 3.34. The van der Waals surface area contributed by atoms with Gasteiger partial charge in [0.1, 0.15) is 0 Å². The summed E-state index contributed by atoms with van der Waals surface area (Å²) in [5.41, 5.74) is 2.47. The number of aliphatic hydroxyl groups excluding tert-OH is 1. The van der Waals surface area contributed by atoms with E-state index in [1.807, 2.05) is 6.07 Å². The molecule has 1 atom stereocenters. The van der Waals surface area contributed by atoms with Gasteiger partial charge in [-0.3, -0.25) is 0 Å². The maximum atomic E-state index is 9.11. The average Bonchev–Trinajstić information content (AvgIpc) is 2.29. The van der Waals surface area contributed by atoms with E-state index in [-0.39, 0.29) is 12.7 Å². The van der Waals surface area contributed by atoms with Crippen molar-refractivity contribution in [3.05, 3.63) is 28.2 Å². The first-order chi connectivity index (χ1) is 7.70. The van der Waals surface area contributed by atoms with E-state index < -0.39 is 0 Å². The third kappa shape index (κ3) is 2.56. The fourth-order valence-electron chi connectivity index (χ4n) is 2.02. The number of rotatable bonds is 2. The second-order valence-corrected chi connectivity index (χ2v) is 4.97. The van der Waals surface area contributed by atoms with Gasteiger partial charge in [0.2, 0.25) is 0 Å². The van der Waals surface area contributed by atoms with Crippen molar-refractivity contribution in [1.29, 1.82) is 0 Å². The van der Waals surface area contributed by atoms with Crippen LogP contribution in [-0.2, 0) is 4.74 Å². The number of morpholine rings is 1. The van der Waals surface area contributed by atoms with Crippen LogP contribution in [0, 0.1) is 6.92 Å². The van der Waals surface area contributed by atoms with Gasteiger partial charge < -0.3 is 14.7 Å². The van der Waals surface area contributed by atoms with Gasteiger partial charge in [0.25, 0.3) is 0 Å². The van der Waals surface area contributed by atoms with Gasteiger partial charge in [-0.25, -0.2) is 0 Å². The Hall–Kier alpha value is -0.580. The van der Waals surface area contributed by atoms with E-state index in [2.05, 4.69) is 39.9 Å². The zero-order valence-corrected chi connectivity index (χ0v) is 10.9. The maximum Gasteiger partial charge on any atom is 0.0980 e. The lowest BCUT2D eigenvalue weighted by atomic mass is 10.1. The summed E-state index contributed by atoms with van der Waals surface area (Å²) in [4.78, 5) is 2.27. The molecule has 1 unspecified atom stereocenters. The van der Waals surface area contributed by atoms with Crippen LogP contribution in [-0.4, -0.2) is 37.5 Å². The molecule has 1 aliphatic heterocycles. The second kappa shape index (κ2) is 5.17. The number of benzene rings is 1. The molecule has 1 N–H and O–H groups in total. The molecule has 0 saturated carbocycles. The summed E-state index contributed by atoms with van der Waals surface area (Å²) in [7, 11) is 0. The van der Waals surface area contributed by atoms with Crippen LogP contribution in [0.15, 0.2) is 22.7 Å². The van der Waals surface area contributed by atoms with E-state index >= 15 is 0 Å². The molecule has 0 aliphatic carbocycles. The molecular weight excluding hydrogens is 270 g/mol. The number of halogens is 1. The van der Waals surface area contributed by atoms with Gasteiger partial charge in [0, 0.05) is 23.2 Å². The summed E-state index contributed by atoms with van der Waals surface area (Å²) in [6, 6.07) is 6.27. The van der Waals surface area contributed by atoms with Crippen LogP contribution >= 0.6 is 15.9 Å². The zero-order chi connectivity index (χ0) is 11.5. The molecule has 0 amide bonds. The lowest BCUT2D eigenvalue weighted by Crippen LogP contribution is -2.44. The van der Waals surface area contributed by atoms with Gasteiger partial charge in [-0.1, -0.05) is 15.9 Å². The van der Waals surface area contributed by atoms with Crippen molar-refractivity contribution in [2.24, 2.45) is 0 Å². The topological polar surface area (TPSA) is 32.7 Å². The molecular formula is C12H16BrNO2. The highest BCUT2D eigenvalue weighted by molar-refractivity contribution is 9.10. The second-order valence-electron chi connectivity index (χ2n) is 4.05. The SMILES string of the molecule is Cc1cc(Br)ccc1N1CCOC(CO)C1. The van der Waals surface area contributed by atoms with E-state index in [9.17, 15) is 0 Å². The van der Waals surface area contributed by atoms with Crippen molar-refractivity contribution in [2.45, 2.75) is 13.0 Å². The fourth-order valence-corrected chi connectivity index (χ4v) is 2.50. The Morgan fingerprint density at radius 1 is 1.56 bits per heavy atom. The molecule has 1 heterocycles. The van der Waals surface area contributed by atoms with Crippen molar-refractivity contribution >= 4 is 21.6 Å². The Kier molecular flexibility index (Phi) is 3.84. The van der Waals surface area contributed by atoms with Crippen molar-refractivity contribution in [3.8, 4) is 0 Å². The molecule has 1 fully saturated rings. The van der Waals surface area contributed by atoms with E-state index in [1.165, 1.54) is 11.3 Å². The van der Waals surface area contributed by atoms with Gasteiger partial charge in [-0.15, -0.1) is 0 Å². The normalized spacial score (nSPS) is 21.2. The Labute approximate surface area is 104 Å². The minimum Gasteiger partial charge on any atom is -0.394 e. The Morgan fingerprint density at radius 3 is 3.06 bits per heavy atom. The summed E-state index contributed by atoms with van der Waals surface area (Å²) in [6.45, 7) is 4.52. The average molecular weight is 286 g/mol. The molecule has 16 heavy (non-hydrogen) atoms. The Bertz CT molecular complexity index is 370. The molecule has 1 aromatic rings. The number of ether oxygens (including phenoxy) is 1. The molecule has 0 spiro atoms. The lowest BCUT2D eigenvalue weighted by molar-refractivity contribution is 0.00354. The molecule has 1 aromatic carbocycles. The van der Waals surface area contributed by atoms with E-state index in [1.54, 1.807) is 0 Å². The van der Waals surface area contributed by atoms with Crippen molar-refractivity contribution in [3.63, 3.8) is 0 Å². The van der Waals surface area contributed by atoms with Crippen LogP contribution in [0.1, 0.15) is 5.56 Å². The summed E-state index contributed by atoms with van der Waals surface area (Å²) in [5, 5.41) is 9.11. The number of anilines is 1. The standard InChI is InChI=1S/C12H16BrNO2/c1-9-6-10(13)2-3-12(9)14-4-5-16-11(7-14)8-15/h2-3,6,11,15H,4-5,7-8H2,1H3. The molecule has 4 heteroatoms. The number of aliphatic hydroxyl groups is 1. The van der Waals surface area contributed by atoms with Gasteiger partial charge in [-0.05, 0) is 30.7 Å². The quantitative estimate of drug-likeness (QED) is 0.902. The van der Waals surface area contributed by atoms with Crippen molar-refractivity contribution < 1.29 is 9.84 Å². The molecule has 1 aliphatic rings. The first-order valence-corrected chi connectivity index (χ1v) is 6.23. The minimum atomic E-state index is -0.0585. The van der Waals surface area contributed by atoms with Gasteiger partial charge in [-0.2, -0.15) is 0 Å². The van der Waals surface area contributed by atoms with Crippen molar-refractivity contribution in [1.82, 2.24) is 0 Å². The molecule has 0 bridgehead atoms. The number of nitrogens with zero attached hydrogens (tertiary/aromatic N) is 1. The highest BCUT2D eigenvalue weighted by Crippen LogP contribution is 2.25. The highest BCUT2D eigenvalue weighted by atomic mass is 79.9. The first-order valence-electron chi connectivity index (χ1n) is 5.44. The molecule has 0 aromatic heterocycles. The van der Waals surface area contributed by atoms with E-state index in [4.69, 9.17) is 9.84 Å². The van der Waals surface area contributed by atoms with Gasteiger partial charge in [0.15, 0.2) is 0 Å². The van der Waals surface area contributed by atoms with Crippen LogP contribution < -0.4 is 4.90 Å². The van der Waals surface area contributed by atoms with Crippen LogP contribution in [0.25, 0.3) is 0 Å². The highest BCUT2D eigenvalue weighted by Gasteiger charge is 2.20. The predicted octanol–water partition coefficient (Wildman–Crippen LogP) is 1.96. The largest absolute Gasteiger partial charge is 0.394 e. The van der Waals surface area contributed by atoms with Crippen LogP contribution in [0.5, 0.6) is 0 Å². The molecule has 1 saturated heterocycles. The Morgan fingerprint density at radius 2 is 2.38 bits per heavy atom. The molecule has 88 valence electrons. The molecule has 2 rings (SSSR count). The zero-order valence-electron chi connectivity index (χ0n) is 9.32. The summed E-state index contributed by atoms with van der Waals surface area (Å²) >= 11 is 3.46. The van der Waals surface area contributed by atoms with Gasteiger partial charge >= 0.3 is 0 Å². The van der Waals surface area contributed by atoms with Crippen LogP contribution in [0.2, 0.25) is 0 Å². The number of aryl methyl sites for hydroxylation is 1. The number of hydrogen-bond acceptors (Lipinski definition) is 3.